The van der Waals surface area contributed by atoms with Crippen molar-refractivity contribution < 1.29 is 14.6 Å². The van der Waals surface area contributed by atoms with Crippen molar-refractivity contribution in [2.45, 2.75) is 13.8 Å². The zero-order chi connectivity index (χ0) is 17.0. The Hall–Kier alpha value is -1.91. The van der Waals surface area contributed by atoms with Crippen molar-refractivity contribution in [3.05, 3.63) is 57.1 Å². The third-order valence-corrected chi connectivity index (χ3v) is 4.14. The minimum Gasteiger partial charge on any atom is -0.492 e. The third kappa shape index (κ3) is 4.53. The van der Waals surface area contributed by atoms with E-state index in [4.69, 9.17) is 33.0 Å². The second-order valence-electron chi connectivity index (χ2n) is 5.14. The lowest BCUT2D eigenvalue weighted by atomic mass is 10.1. The molecule has 0 spiro atoms. The largest absolute Gasteiger partial charge is 0.492 e. The molecule has 6 heteroatoms. The monoisotopic (exact) mass is 353 g/mol. The number of rotatable bonds is 6. The summed E-state index contributed by atoms with van der Waals surface area (Å²) in [7, 11) is 0. The van der Waals surface area contributed by atoms with Gasteiger partial charge in [-0.15, -0.1) is 0 Å². The van der Waals surface area contributed by atoms with Crippen LogP contribution in [0.2, 0.25) is 10.0 Å². The molecule has 0 bridgehead atoms. The Morgan fingerprint density at radius 2 is 1.83 bits per heavy atom. The van der Waals surface area contributed by atoms with Gasteiger partial charge >= 0.3 is 5.97 Å². The molecule has 0 aliphatic rings. The predicted molar refractivity (Wildman–Crippen MR) is 93.3 cm³/mol. The molecular formula is C17H17Cl2NO3. The van der Waals surface area contributed by atoms with Crippen LogP contribution >= 0.6 is 23.2 Å². The van der Waals surface area contributed by atoms with Crippen LogP contribution in [0.15, 0.2) is 30.3 Å². The molecule has 2 aromatic carbocycles. The summed E-state index contributed by atoms with van der Waals surface area (Å²) in [6.45, 7) is 4.70. The maximum Gasteiger partial charge on any atom is 0.337 e. The molecule has 2 N–H and O–H groups in total. The molecule has 0 aromatic heterocycles. The highest BCUT2D eigenvalue weighted by molar-refractivity contribution is 6.32. The van der Waals surface area contributed by atoms with E-state index in [0.717, 1.165) is 21.9 Å². The van der Waals surface area contributed by atoms with Crippen LogP contribution < -0.4 is 10.1 Å². The summed E-state index contributed by atoms with van der Waals surface area (Å²) in [6, 6.07) is 8.45. The number of hydrogen-bond donors (Lipinski definition) is 2. The Bertz CT molecular complexity index is 709. The van der Waals surface area contributed by atoms with E-state index < -0.39 is 5.97 Å². The molecule has 2 rings (SSSR count). The van der Waals surface area contributed by atoms with E-state index in [1.54, 1.807) is 12.1 Å². The van der Waals surface area contributed by atoms with Crippen molar-refractivity contribution in [2.75, 3.05) is 18.5 Å². The standard InChI is InChI=1S/C17H17Cl2NO3/c1-10-7-13(8-11(2)16(10)19)23-6-5-20-15-4-3-12(18)9-14(15)17(21)22/h3-4,7-9,20H,5-6H2,1-2H3,(H,21,22). The number of halogens is 2. The van der Waals surface area contributed by atoms with Crippen LogP contribution in [0.5, 0.6) is 5.75 Å². The number of aromatic carboxylic acids is 1. The van der Waals surface area contributed by atoms with E-state index in [2.05, 4.69) is 5.32 Å². The second-order valence-corrected chi connectivity index (χ2v) is 5.96. The van der Waals surface area contributed by atoms with Crippen molar-refractivity contribution in [3.63, 3.8) is 0 Å². The maximum absolute atomic E-state index is 11.2. The predicted octanol–water partition coefficient (Wildman–Crippen LogP) is 4.80. The lowest BCUT2D eigenvalue weighted by Gasteiger charge is -2.12. The molecule has 0 aliphatic carbocycles. The summed E-state index contributed by atoms with van der Waals surface area (Å²) in [5.41, 5.74) is 2.56. The Balaban J connectivity index is 1.95. The number of ether oxygens (including phenoxy) is 1. The van der Waals surface area contributed by atoms with Gasteiger partial charge in [0.1, 0.15) is 12.4 Å². The molecular weight excluding hydrogens is 337 g/mol. The Morgan fingerprint density at radius 3 is 2.43 bits per heavy atom. The van der Waals surface area contributed by atoms with E-state index in [-0.39, 0.29) is 5.56 Å². The molecule has 0 fully saturated rings. The zero-order valence-corrected chi connectivity index (χ0v) is 14.3. The number of nitrogens with one attached hydrogen (secondary N) is 1. The van der Waals surface area contributed by atoms with Gasteiger partial charge in [0, 0.05) is 22.3 Å². The number of carbonyl (C=O) groups is 1. The maximum atomic E-state index is 11.2. The van der Waals surface area contributed by atoms with E-state index in [0.29, 0.717) is 23.9 Å². The average Bonchev–Trinajstić information content (AvgIpc) is 2.50. The minimum atomic E-state index is -1.03. The zero-order valence-electron chi connectivity index (χ0n) is 12.8. The van der Waals surface area contributed by atoms with Crippen molar-refractivity contribution in [2.24, 2.45) is 0 Å². The Labute approximate surface area is 145 Å². The highest BCUT2D eigenvalue weighted by atomic mass is 35.5. The molecule has 0 saturated carbocycles. The van der Waals surface area contributed by atoms with E-state index in [1.807, 2.05) is 26.0 Å². The van der Waals surface area contributed by atoms with Crippen LogP contribution in [0.25, 0.3) is 0 Å². The molecule has 23 heavy (non-hydrogen) atoms. The quantitative estimate of drug-likeness (QED) is 0.732. The van der Waals surface area contributed by atoms with Gasteiger partial charge in [0.25, 0.3) is 0 Å². The normalized spacial score (nSPS) is 10.4. The fourth-order valence-corrected chi connectivity index (χ4v) is 2.47. The van der Waals surface area contributed by atoms with Gasteiger partial charge in [0.2, 0.25) is 0 Å². The number of hydrogen-bond acceptors (Lipinski definition) is 3. The Kier molecular flexibility index (Phi) is 5.74. The molecule has 4 nitrogen and oxygen atoms in total. The molecule has 0 atom stereocenters. The lowest BCUT2D eigenvalue weighted by Crippen LogP contribution is -2.14. The van der Waals surface area contributed by atoms with Crippen molar-refractivity contribution in [1.29, 1.82) is 0 Å². The summed E-state index contributed by atoms with van der Waals surface area (Å²) in [5, 5.41) is 13.3. The van der Waals surface area contributed by atoms with Crippen LogP contribution in [-0.2, 0) is 0 Å². The van der Waals surface area contributed by atoms with Gasteiger partial charge in [0.15, 0.2) is 0 Å². The smallest absolute Gasteiger partial charge is 0.337 e. The molecule has 0 radical (unpaired) electrons. The van der Waals surface area contributed by atoms with Crippen molar-refractivity contribution in [3.8, 4) is 5.75 Å². The fourth-order valence-electron chi connectivity index (χ4n) is 2.19. The topological polar surface area (TPSA) is 58.6 Å². The van der Waals surface area contributed by atoms with Crippen LogP contribution in [-0.4, -0.2) is 24.2 Å². The molecule has 2 aromatic rings. The van der Waals surface area contributed by atoms with E-state index in [9.17, 15) is 4.79 Å². The Morgan fingerprint density at radius 1 is 1.17 bits per heavy atom. The molecule has 0 unspecified atom stereocenters. The highest BCUT2D eigenvalue weighted by Gasteiger charge is 2.10. The number of anilines is 1. The first-order chi connectivity index (χ1) is 10.9. The summed E-state index contributed by atoms with van der Waals surface area (Å²) in [5.74, 6) is -0.291. The van der Waals surface area contributed by atoms with Crippen LogP contribution in [0.1, 0.15) is 21.5 Å². The van der Waals surface area contributed by atoms with Crippen molar-refractivity contribution in [1.82, 2.24) is 0 Å². The molecule has 0 amide bonds. The number of benzene rings is 2. The van der Waals surface area contributed by atoms with Gasteiger partial charge in [-0.05, 0) is 55.3 Å². The first-order valence-electron chi connectivity index (χ1n) is 7.04. The first kappa shape index (κ1) is 17.4. The van der Waals surface area contributed by atoms with Crippen molar-refractivity contribution >= 4 is 34.9 Å². The SMILES string of the molecule is Cc1cc(OCCNc2ccc(Cl)cc2C(=O)O)cc(C)c1Cl. The molecule has 0 aliphatic heterocycles. The summed E-state index contributed by atoms with van der Waals surface area (Å²) in [6.07, 6.45) is 0. The van der Waals surface area contributed by atoms with Crippen LogP contribution in [0, 0.1) is 13.8 Å². The molecule has 122 valence electrons. The van der Waals surface area contributed by atoms with Crippen LogP contribution in [0.3, 0.4) is 0 Å². The van der Waals surface area contributed by atoms with E-state index in [1.165, 1.54) is 6.07 Å². The minimum absolute atomic E-state index is 0.135. The number of aryl methyl sites for hydroxylation is 2. The van der Waals surface area contributed by atoms with Gasteiger partial charge in [0.05, 0.1) is 5.56 Å². The first-order valence-corrected chi connectivity index (χ1v) is 7.80. The number of carboxylic acids is 1. The van der Waals surface area contributed by atoms with Gasteiger partial charge in [-0.3, -0.25) is 0 Å². The third-order valence-electron chi connectivity index (χ3n) is 3.31. The van der Waals surface area contributed by atoms with E-state index >= 15 is 0 Å². The summed E-state index contributed by atoms with van der Waals surface area (Å²) < 4.78 is 5.67. The average molecular weight is 354 g/mol. The summed E-state index contributed by atoms with van der Waals surface area (Å²) in [4.78, 5) is 11.2. The van der Waals surface area contributed by atoms with Crippen LogP contribution in [0.4, 0.5) is 5.69 Å². The summed E-state index contributed by atoms with van der Waals surface area (Å²) >= 11 is 11.9. The lowest BCUT2D eigenvalue weighted by molar-refractivity contribution is 0.0698. The molecule has 0 saturated heterocycles. The van der Waals surface area contributed by atoms with Gasteiger partial charge in [-0.25, -0.2) is 4.79 Å². The fraction of sp³-hybridized carbons (Fsp3) is 0.235. The van der Waals surface area contributed by atoms with Gasteiger partial charge in [-0.2, -0.15) is 0 Å². The van der Waals surface area contributed by atoms with Gasteiger partial charge < -0.3 is 15.2 Å². The highest BCUT2D eigenvalue weighted by Crippen LogP contribution is 2.26. The second kappa shape index (κ2) is 7.57. The molecule has 0 heterocycles. The van der Waals surface area contributed by atoms with Gasteiger partial charge in [-0.1, -0.05) is 23.2 Å². The number of carboxylic acid groups (broad SMARTS) is 1.